The number of nitrogens with one attached hydrogen (secondary N) is 1. The molecule has 0 aliphatic carbocycles. The lowest BCUT2D eigenvalue weighted by molar-refractivity contribution is 0.246. The number of hydrogen-bond acceptors (Lipinski definition) is 3. The molecule has 1 aromatic heterocycles. The largest absolute Gasteiger partial charge is 0.488 e. The van der Waals surface area contributed by atoms with E-state index in [-0.39, 0.29) is 6.10 Å². The summed E-state index contributed by atoms with van der Waals surface area (Å²) in [5.41, 5.74) is 2.32. The molecule has 2 aromatic rings. The predicted molar refractivity (Wildman–Crippen MR) is 72.0 cm³/mol. The molecule has 0 spiro atoms. The Morgan fingerprint density at radius 2 is 2.11 bits per heavy atom. The van der Waals surface area contributed by atoms with Gasteiger partial charge in [0.15, 0.2) is 0 Å². The first-order chi connectivity index (χ1) is 8.81. The highest BCUT2D eigenvalue weighted by Gasteiger charge is 2.21. The average Bonchev–Trinajstić information content (AvgIpc) is 2.79. The van der Waals surface area contributed by atoms with Crippen molar-refractivity contribution in [3.05, 3.63) is 53.7 Å². The molecule has 1 atom stereocenters. The second kappa shape index (κ2) is 4.69. The van der Waals surface area contributed by atoms with E-state index in [9.17, 15) is 0 Å². The number of aryl methyl sites for hydroxylation is 1. The summed E-state index contributed by atoms with van der Waals surface area (Å²) in [6, 6.07) is 14.2. The van der Waals surface area contributed by atoms with Gasteiger partial charge >= 0.3 is 0 Å². The van der Waals surface area contributed by atoms with Crippen LogP contribution in [0.5, 0.6) is 5.75 Å². The summed E-state index contributed by atoms with van der Waals surface area (Å²) in [5.74, 6) is 1.93. The Balaban J connectivity index is 1.60. The minimum Gasteiger partial charge on any atom is -0.488 e. The molecule has 3 rings (SSSR count). The van der Waals surface area contributed by atoms with E-state index in [1.807, 2.05) is 37.3 Å². The first kappa shape index (κ1) is 11.1. The van der Waals surface area contributed by atoms with E-state index in [0.717, 1.165) is 30.2 Å². The Kier molecular flexibility index (Phi) is 2.89. The van der Waals surface area contributed by atoms with Gasteiger partial charge in [0, 0.05) is 12.1 Å². The topological polar surface area (TPSA) is 34.1 Å². The van der Waals surface area contributed by atoms with Crippen LogP contribution in [0.2, 0.25) is 0 Å². The molecule has 2 heterocycles. The Labute approximate surface area is 107 Å². The number of pyridine rings is 1. The number of fused-ring (bicyclic) bond motifs is 1. The van der Waals surface area contributed by atoms with Gasteiger partial charge in [0.1, 0.15) is 17.7 Å². The Morgan fingerprint density at radius 1 is 1.22 bits per heavy atom. The van der Waals surface area contributed by atoms with Gasteiger partial charge in [0.05, 0.1) is 6.54 Å². The van der Waals surface area contributed by atoms with Crippen molar-refractivity contribution in [3.63, 3.8) is 0 Å². The van der Waals surface area contributed by atoms with E-state index < -0.39 is 0 Å². The van der Waals surface area contributed by atoms with Gasteiger partial charge < -0.3 is 10.1 Å². The molecule has 0 fully saturated rings. The van der Waals surface area contributed by atoms with Crippen LogP contribution in [0.3, 0.4) is 0 Å². The average molecular weight is 240 g/mol. The lowest BCUT2D eigenvalue weighted by Crippen LogP contribution is -2.24. The van der Waals surface area contributed by atoms with E-state index in [1.54, 1.807) is 0 Å². The van der Waals surface area contributed by atoms with Crippen LogP contribution < -0.4 is 10.1 Å². The molecule has 1 aliphatic heterocycles. The molecular formula is C15H16N2O. The highest BCUT2D eigenvalue weighted by molar-refractivity contribution is 5.39. The number of hydrogen-bond donors (Lipinski definition) is 1. The molecule has 0 saturated heterocycles. The molecule has 92 valence electrons. The monoisotopic (exact) mass is 240 g/mol. The third-order valence-electron chi connectivity index (χ3n) is 3.11. The third-order valence-corrected chi connectivity index (χ3v) is 3.11. The molecule has 3 heteroatoms. The zero-order chi connectivity index (χ0) is 12.4. The van der Waals surface area contributed by atoms with Gasteiger partial charge in [-0.25, -0.2) is 4.98 Å². The van der Waals surface area contributed by atoms with Crippen molar-refractivity contribution < 1.29 is 4.74 Å². The quantitative estimate of drug-likeness (QED) is 0.895. The van der Waals surface area contributed by atoms with E-state index in [2.05, 4.69) is 22.4 Å². The SMILES string of the molecule is Cc1cccc(NCC2Cc3ccccc3O2)n1. The Hall–Kier alpha value is -2.03. The number of para-hydroxylation sites is 1. The summed E-state index contributed by atoms with van der Waals surface area (Å²) in [6.07, 6.45) is 1.17. The van der Waals surface area contributed by atoms with Crippen LogP contribution in [0.15, 0.2) is 42.5 Å². The summed E-state index contributed by atoms with van der Waals surface area (Å²) in [5, 5.41) is 3.33. The van der Waals surface area contributed by atoms with E-state index in [4.69, 9.17) is 4.74 Å². The van der Waals surface area contributed by atoms with Crippen LogP contribution >= 0.6 is 0 Å². The molecule has 18 heavy (non-hydrogen) atoms. The maximum Gasteiger partial charge on any atom is 0.126 e. The van der Waals surface area contributed by atoms with Crippen LogP contribution in [-0.4, -0.2) is 17.6 Å². The van der Waals surface area contributed by atoms with Crippen molar-refractivity contribution in [2.45, 2.75) is 19.4 Å². The summed E-state index contributed by atoms with van der Waals surface area (Å²) in [7, 11) is 0. The van der Waals surface area contributed by atoms with Crippen molar-refractivity contribution >= 4 is 5.82 Å². The molecule has 1 N–H and O–H groups in total. The molecular weight excluding hydrogens is 224 g/mol. The van der Waals surface area contributed by atoms with Crippen LogP contribution in [0.25, 0.3) is 0 Å². The van der Waals surface area contributed by atoms with Gasteiger partial charge in [0.25, 0.3) is 0 Å². The fourth-order valence-corrected chi connectivity index (χ4v) is 2.23. The van der Waals surface area contributed by atoms with E-state index >= 15 is 0 Å². The minimum absolute atomic E-state index is 0.199. The van der Waals surface area contributed by atoms with Crippen molar-refractivity contribution in [2.24, 2.45) is 0 Å². The van der Waals surface area contributed by atoms with Gasteiger partial charge in [-0.05, 0) is 30.7 Å². The number of ether oxygens (including phenoxy) is 1. The molecule has 1 aliphatic rings. The lowest BCUT2D eigenvalue weighted by atomic mass is 10.1. The van der Waals surface area contributed by atoms with Crippen molar-refractivity contribution in [3.8, 4) is 5.75 Å². The number of nitrogens with zero attached hydrogens (tertiary/aromatic N) is 1. The zero-order valence-electron chi connectivity index (χ0n) is 10.4. The molecule has 0 saturated carbocycles. The van der Waals surface area contributed by atoms with Crippen LogP contribution in [0.4, 0.5) is 5.82 Å². The van der Waals surface area contributed by atoms with Gasteiger partial charge in [0.2, 0.25) is 0 Å². The maximum atomic E-state index is 5.87. The van der Waals surface area contributed by atoms with Crippen molar-refractivity contribution in [1.82, 2.24) is 4.98 Å². The summed E-state index contributed by atoms with van der Waals surface area (Å²) < 4.78 is 5.87. The Bertz CT molecular complexity index is 529. The summed E-state index contributed by atoms with van der Waals surface area (Å²) >= 11 is 0. The normalized spacial score (nSPS) is 17.1. The molecule has 0 radical (unpaired) electrons. The first-order valence-electron chi connectivity index (χ1n) is 6.23. The molecule has 1 aromatic carbocycles. The van der Waals surface area contributed by atoms with Crippen molar-refractivity contribution in [2.75, 3.05) is 11.9 Å². The maximum absolute atomic E-state index is 5.87. The second-order valence-corrected chi connectivity index (χ2v) is 4.60. The van der Waals surface area contributed by atoms with Gasteiger partial charge in [-0.2, -0.15) is 0 Å². The highest BCUT2D eigenvalue weighted by atomic mass is 16.5. The molecule has 0 bridgehead atoms. The number of aromatic nitrogens is 1. The second-order valence-electron chi connectivity index (χ2n) is 4.60. The smallest absolute Gasteiger partial charge is 0.126 e. The first-order valence-corrected chi connectivity index (χ1v) is 6.23. The van der Waals surface area contributed by atoms with Gasteiger partial charge in [-0.15, -0.1) is 0 Å². The van der Waals surface area contributed by atoms with Crippen LogP contribution in [0, 0.1) is 6.92 Å². The van der Waals surface area contributed by atoms with E-state index in [0.29, 0.717) is 0 Å². The fourth-order valence-electron chi connectivity index (χ4n) is 2.23. The number of anilines is 1. The molecule has 0 amide bonds. The lowest BCUT2D eigenvalue weighted by Gasteiger charge is -2.12. The summed E-state index contributed by atoms with van der Waals surface area (Å²) in [4.78, 5) is 4.42. The molecule has 3 nitrogen and oxygen atoms in total. The highest BCUT2D eigenvalue weighted by Crippen LogP contribution is 2.28. The van der Waals surface area contributed by atoms with Crippen LogP contribution in [-0.2, 0) is 6.42 Å². The predicted octanol–water partition coefficient (Wildman–Crippen LogP) is 2.81. The Morgan fingerprint density at radius 3 is 2.94 bits per heavy atom. The molecule has 1 unspecified atom stereocenters. The standard InChI is InChI=1S/C15H16N2O/c1-11-5-4-8-15(17-11)16-10-13-9-12-6-2-3-7-14(12)18-13/h2-8,13H,9-10H2,1H3,(H,16,17). The third kappa shape index (κ3) is 2.30. The van der Waals surface area contributed by atoms with Crippen LogP contribution in [0.1, 0.15) is 11.3 Å². The number of benzene rings is 1. The van der Waals surface area contributed by atoms with Gasteiger partial charge in [-0.1, -0.05) is 24.3 Å². The fraction of sp³-hybridized carbons (Fsp3) is 0.267. The minimum atomic E-state index is 0.199. The van der Waals surface area contributed by atoms with Gasteiger partial charge in [-0.3, -0.25) is 0 Å². The zero-order valence-corrected chi connectivity index (χ0v) is 10.4. The summed E-state index contributed by atoms with van der Waals surface area (Å²) in [6.45, 7) is 2.78. The van der Waals surface area contributed by atoms with Crippen molar-refractivity contribution in [1.29, 1.82) is 0 Å². The number of rotatable bonds is 3. The van der Waals surface area contributed by atoms with E-state index in [1.165, 1.54) is 5.56 Å².